The highest BCUT2D eigenvalue weighted by atomic mass is 19.4. The van der Waals surface area contributed by atoms with Crippen molar-refractivity contribution in [2.24, 2.45) is 0 Å². The van der Waals surface area contributed by atoms with E-state index < -0.39 is 11.7 Å². The molecular formula is C25H21F3N8O. The molecule has 12 heteroatoms. The molecule has 9 nitrogen and oxygen atoms in total. The molecule has 0 bridgehead atoms. The normalized spacial score (nSPS) is 11.7. The number of pyridine rings is 1. The Morgan fingerprint density at radius 3 is 2.51 bits per heavy atom. The molecule has 0 fully saturated rings. The zero-order valence-corrected chi connectivity index (χ0v) is 19.6. The number of alkyl halides is 3. The van der Waals surface area contributed by atoms with E-state index in [0.717, 1.165) is 11.6 Å². The van der Waals surface area contributed by atoms with Gasteiger partial charge in [-0.15, -0.1) is 5.10 Å². The fraction of sp³-hybridized carbons (Fsp3) is 0.160. The van der Waals surface area contributed by atoms with Crippen molar-refractivity contribution >= 4 is 28.4 Å². The van der Waals surface area contributed by atoms with E-state index in [-0.39, 0.29) is 41.5 Å². The van der Waals surface area contributed by atoms with E-state index in [2.05, 4.69) is 25.7 Å². The van der Waals surface area contributed by atoms with Gasteiger partial charge in [-0.3, -0.25) is 4.79 Å². The van der Waals surface area contributed by atoms with Gasteiger partial charge >= 0.3 is 6.18 Å². The molecule has 0 unspecified atom stereocenters. The van der Waals surface area contributed by atoms with Gasteiger partial charge in [-0.1, -0.05) is 53.2 Å². The molecule has 1 amide bonds. The first kappa shape index (κ1) is 24.0. The van der Waals surface area contributed by atoms with Crippen LogP contribution in [0.25, 0.3) is 22.3 Å². The summed E-state index contributed by atoms with van der Waals surface area (Å²) in [5.41, 5.74) is 7.70. The molecule has 3 N–H and O–H groups in total. The van der Waals surface area contributed by atoms with Crippen LogP contribution in [-0.2, 0) is 24.1 Å². The molecule has 5 aromatic rings. The molecular weight excluding hydrogens is 485 g/mol. The lowest BCUT2D eigenvalue weighted by Gasteiger charge is -2.11. The summed E-state index contributed by atoms with van der Waals surface area (Å²) in [7, 11) is 0. The Kier molecular flexibility index (Phi) is 6.07. The Morgan fingerprint density at radius 1 is 1.08 bits per heavy atom. The van der Waals surface area contributed by atoms with Crippen LogP contribution in [0.15, 0.2) is 66.9 Å². The van der Waals surface area contributed by atoms with Crippen LogP contribution >= 0.6 is 0 Å². The number of carbonyl (C=O) groups is 1. The van der Waals surface area contributed by atoms with E-state index in [9.17, 15) is 18.0 Å². The Morgan fingerprint density at radius 2 is 1.81 bits per heavy atom. The number of aromatic nitrogens is 6. The van der Waals surface area contributed by atoms with Gasteiger partial charge in [0.25, 0.3) is 0 Å². The number of nitrogens with two attached hydrogens (primary N) is 1. The first-order valence-electron chi connectivity index (χ1n) is 11.2. The van der Waals surface area contributed by atoms with Crippen molar-refractivity contribution in [3.63, 3.8) is 0 Å². The molecule has 3 heterocycles. The highest BCUT2D eigenvalue weighted by Crippen LogP contribution is 2.39. The molecule has 3 aromatic heterocycles. The predicted octanol–water partition coefficient (Wildman–Crippen LogP) is 4.29. The predicted molar refractivity (Wildman–Crippen MR) is 131 cm³/mol. The molecule has 37 heavy (non-hydrogen) atoms. The summed E-state index contributed by atoms with van der Waals surface area (Å²) in [5, 5.41) is 14.6. The minimum Gasteiger partial charge on any atom is -0.382 e. The number of benzene rings is 2. The quantitative estimate of drug-likeness (QED) is 0.355. The van der Waals surface area contributed by atoms with Gasteiger partial charge in [-0.2, -0.15) is 18.3 Å². The minimum absolute atomic E-state index is 0.0298. The summed E-state index contributed by atoms with van der Waals surface area (Å²) in [5.74, 6) is -0.600. The number of hydrogen-bond donors (Lipinski definition) is 2. The monoisotopic (exact) mass is 506 g/mol. The fourth-order valence-electron chi connectivity index (χ4n) is 3.92. The van der Waals surface area contributed by atoms with Crippen molar-refractivity contribution in [2.45, 2.75) is 26.2 Å². The lowest BCUT2D eigenvalue weighted by Crippen LogP contribution is -2.19. The minimum atomic E-state index is -4.67. The zero-order valence-electron chi connectivity index (χ0n) is 19.6. The summed E-state index contributed by atoms with van der Waals surface area (Å²) in [6.07, 6.45) is -3.15. The fourth-order valence-corrected chi connectivity index (χ4v) is 3.92. The number of halogens is 3. The third-order valence-corrected chi connectivity index (χ3v) is 5.64. The summed E-state index contributed by atoms with van der Waals surface area (Å²) >= 11 is 0. The smallest absolute Gasteiger partial charge is 0.382 e. The molecule has 0 aliphatic heterocycles. The lowest BCUT2D eigenvalue weighted by atomic mass is 10.1. The van der Waals surface area contributed by atoms with E-state index >= 15 is 0 Å². The number of amides is 1. The topological polar surface area (TPSA) is 117 Å². The van der Waals surface area contributed by atoms with Gasteiger partial charge < -0.3 is 11.1 Å². The Bertz CT molecular complexity index is 1570. The molecule has 0 radical (unpaired) electrons. The number of aryl methyl sites for hydroxylation is 1. The molecule has 0 saturated heterocycles. The number of nitrogen functional groups attached to an aromatic ring is 1. The molecule has 0 aliphatic carbocycles. The van der Waals surface area contributed by atoms with Crippen LogP contribution in [0, 0.1) is 6.92 Å². The van der Waals surface area contributed by atoms with Crippen molar-refractivity contribution in [1.82, 2.24) is 29.8 Å². The number of nitrogens with one attached hydrogen (secondary N) is 1. The van der Waals surface area contributed by atoms with Crippen molar-refractivity contribution in [3.05, 3.63) is 83.7 Å². The SMILES string of the molecule is Cc1ccc(NC(=O)Cn2cc(Cn3nc(N)c4c(C(F)(F)F)cc(-c5ccccc5)nc43)nn2)cc1. The molecule has 0 atom stereocenters. The van der Waals surface area contributed by atoms with Crippen molar-refractivity contribution in [2.75, 3.05) is 11.1 Å². The number of hydrogen-bond acceptors (Lipinski definition) is 6. The summed E-state index contributed by atoms with van der Waals surface area (Å²) in [6.45, 7) is 1.80. The first-order valence-corrected chi connectivity index (χ1v) is 11.2. The summed E-state index contributed by atoms with van der Waals surface area (Å²) in [6, 6.07) is 16.9. The summed E-state index contributed by atoms with van der Waals surface area (Å²) in [4.78, 5) is 16.8. The lowest BCUT2D eigenvalue weighted by molar-refractivity contribution is -0.136. The average Bonchev–Trinajstić information content (AvgIpc) is 3.43. The van der Waals surface area contributed by atoms with Crippen molar-refractivity contribution in [3.8, 4) is 11.3 Å². The highest BCUT2D eigenvalue weighted by Gasteiger charge is 2.36. The molecule has 0 saturated carbocycles. The third-order valence-electron chi connectivity index (χ3n) is 5.64. The van der Waals surface area contributed by atoms with Crippen LogP contribution in [0.4, 0.5) is 24.7 Å². The average molecular weight is 506 g/mol. The third kappa shape index (κ3) is 5.13. The number of carbonyl (C=O) groups excluding carboxylic acids is 1. The zero-order chi connectivity index (χ0) is 26.2. The van der Waals surface area contributed by atoms with E-state index in [1.165, 1.54) is 15.6 Å². The molecule has 188 valence electrons. The molecule has 0 aliphatic rings. The van der Waals surface area contributed by atoms with Crippen LogP contribution in [0.2, 0.25) is 0 Å². The number of anilines is 2. The van der Waals surface area contributed by atoms with Gasteiger partial charge in [0.2, 0.25) is 5.91 Å². The van der Waals surface area contributed by atoms with Crippen molar-refractivity contribution in [1.29, 1.82) is 0 Å². The molecule has 0 spiro atoms. The van der Waals surface area contributed by atoms with Crippen LogP contribution in [0.5, 0.6) is 0 Å². The highest BCUT2D eigenvalue weighted by molar-refractivity contribution is 5.92. The van der Waals surface area contributed by atoms with Crippen LogP contribution in [0.1, 0.15) is 16.8 Å². The van der Waals surface area contributed by atoms with E-state index in [0.29, 0.717) is 16.9 Å². The number of fused-ring (bicyclic) bond motifs is 1. The molecule has 5 rings (SSSR count). The maximum Gasteiger partial charge on any atom is 0.417 e. The van der Waals surface area contributed by atoms with Gasteiger partial charge in [-0.05, 0) is 25.1 Å². The van der Waals surface area contributed by atoms with Crippen LogP contribution in [-0.4, -0.2) is 35.7 Å². The Labute approximate surface area is 208 Å². The number of rotatable bonds is 6. The second kappa shape index (κ2) is 9.37. The summed E-state index contributed by atoms with van der Waals surface area (Å²) < 4.78 is 44.4. The molecule has 2 aromatic carbocycles. The number of nitrogens with zero attached hydrogens (tertiary/aromatic N) is 6. The van der Waals surface area contributed by atoms with Crippen LogP contribution < -0.4 is 11.1 Å². The maximum absolute atomic E-state index is 13.9. The maximum atomic E-state index is 13.9. The van der Waals surface area contributed by atoms with Crippen LogP contribution in [0.3, 0.4) is 0 Å². The van der Waals surface area contributed by atoms with E-state index in [4.69, 9.17) is 5.73 Å². The van der Waals surface area contributed by atoms with Gasteiger partial charge in [0.15, 0.2) is 11.5 Å². The van der Waals surface area contributed by atoms with E-state index in [1.807, 2.05) is 19.1 Å². The van der Waals surface area contributed by atoms with Gasteiger partial charge in [0, 0.05) is 11.3 Å². The van der Waals surface area contributed by atoms with Gasteiger partial charge in [0.05, 0.1) is 29.4 Å². The standard InChI is InChI=1S/C25H21F3N8O/c1-15-7-9-17(10-8-15)30-21(37)14-35-12-18(32-34-35)13-36-24-22(23(29)33-36)19(25(26,27)28)11-20(31-24)16-5-3-2-4-6-16/h2-12H,13-14H2,1H3,(H2,29,33)(H,30,37). The second-order valence-corrected chi connectivity index (χ2v) is 8.48. The first-order chi connectivity index (χ1) is 17.7. The Hall–Kier alpha value is -4.74. The van der Waals surface area contributed by atoms with Gasteiger partial charge in [-0.25, -0.2) is 14.3 Å². The van der Waals surface area contributed by atoms with E-state index in [1.54, 1.807) is 42.5 Å². The van der Waals surface area contributed by atoms with Gasteiger partial charge in [0.1, 0.15) is 12.2 Å². The second-order valence-electron chi connectivity index (χ2n) is 8.48. The Balaban J connectivity index is 1.42. The largest absolute Gasteiger partial charge is 0.417 e. The van der Waals surface area contributed by atoms with Crippen molar-refractivity contribution < 1.29 is 18.0 Å².